The van der Waals surface area contributed by atoms with Gasteiger partial charge in [-0.3, -0.25) is 0 Å². The number of halogens is 1. The molecular formula is C3H2ClN3O3. The van der Waals surface area contributed by atoms with Gasteiger partial charge in [0.05, 0.1) is 0 Å². The van der Waals surface area contributed by atoms with E-state index in [9.17, 15) is 0 Å². The van der Waals surface area contributed by atoms with Crippen molar-refractivity contribution in [2.24, 2.45) is 0 Å². The molecule has 0 unspecified atom stereocenters. The van der Waals surface area contributed by atoms with Gasteiger partial charge in [0.25, 0.3) is 0 Å². The minimum absolute atomic E-state index is 0.355. The Morgan fingerprint density at radius 3 is 2.00 bits per heavy atom. The highest BCUT2D eigenvalue weighted by Crippen LogP contribution is 2.11. The summed E-state index contributed by atoms with van der Waals surface area (Å²) in [6.45, 7) is 0. The molecule has 1 rings (SSSR count). The Bertz CT molecular complexity index is 222. The maximum atomic E-state index is 8.56. The molecule has 0 bridgehead atoms. The Morgan fingerprint density at radius 1 is 1.10 bits per heavy atom. The molecule has 7 heteroatoms. The van der Waals surface area contributed by atoms with Crippen LogP contribution in [0.4, 0.5) is 0 Å². The van der Waals surface area contributed by atoms with E-state index in [1.807, 2.05) is 0 Å². The van der Waals surface area contributed by atoms with Gasteiger partial charge in [-0.1, -0.05) is 0 Å². The van der Waals surface area contributed by atoms with Gasteiger partial charge in [-0.15, -0.1) is 15.0 Å². The minimum atomic E-state index is -0.650. The third-order valence-electron chi connectivity index (χ3n) is 0.660. The van der Waals surface area contributed by atoms with E-state index in [-0.39, 0.29) is 6.01 Å². The summed E-state index contributed by atoms with van der Waals surface area (Å²) in [4.78, 5) is 9.38. The molecule has 54 valence electrons. The number of rotatable bonds is 1. The average Bonchev–Trinajstić information content (AvgIpc) is 1.85. The van der Waals surface area contributed by atoms with Crippen molar-refractivity contribution in [2.75, 3.05) is 0 Å². The topological polar surface area (TPSA) is 88.4 Å². The Kier molecular flexibility index (Phi) is 1.72. The van der Waals surface area contributed by atoms with E-state index in [1.165, 1.54) is 0 Å². The lowest BCUT2D eigenvalue weighted by Gasteiger charge is -1.93. The largest absolute Gasteiger partial charge is 0.479 e. The van der Waals surface area contributed by atoms with Crippen LogP contribution in [0, 0.1) is 0 Å². The van der Waals surface area contributed by atoms with Crippen molar-refractivity contribution in [1.29, 1.82) is 0 Å². The highest BCUT2D eigenvalue weighted by atomic mass is 35.5. The number of hydrogen-bond donors (Lipinski definition) is 2. The van der Waals surface area contributed by atoms with Crippen molar-refractivity contribution >= 4 is 11.9 Å². The summed E-state index contributed by atoms with van der Waals surface area (Å²) in [6, 6.07) is -1.65. The van der Waals surface area contributed by atoms with Crippen molar-refractivity contribution in [3.63, 3.8) is 0 Å². The number of aromatic hydroxyl groups is 2. The lowest BCUT2D eigenvalue weighted by Crippen LogP contribution is -1.89. The second-order valence-electron chi connectivity index (χ2n) is 1.30. The zero-order valence-electron chi connectivity index (χ0n) is 4.52. The predicted molar refractivity (Wildman–Crippen MR) is 29.6 cm³/mol. The molecule has 0 aliphatic heterocycles. The lowest BCUT2D eigenvalue weighted by atomic mass is 10.9. The molecule has 6 nitrogen and oxygen atoms in total. The normalized spacial score (nSPS) is 9.30. The van der Waals surface area contributed by atoms with E-state index < -0.39 is 12.0 Å². The maximum Gasteiger partial charge on any atom is 0.344 e. The highest BCUT2D eigenvalue weighted by Gasteiger charge is 2.03. The Hall–Kier alpha value is -1.30. The van der Waals surface area contributed by atoms with E-state index in [2.05, 4.69) is 19.2 Å². The van der Waals surface area contributed by atoms with Crippen molar-refractivity contribution in [1.82, 2.24) is 15.0 Å². The summed E-state index contributed by atoms with van der Waals surface area (Å²) in [7, 11) is 0. The van der Waals surface area contributed by atoms with Crippen LogP contribution < -0.4 is 4.29 Å². The molecule has 0 radical (unpaired) electrons. The summed E-state index contributed by atoms with van der Waals surface area (Å²) < 4.78 is 3.97. The molecule has 0 aromatic carbocycles. The van der Waals surface area contributed by atoms with Crippen LogP contribution in [0.15, 0.2) is 0 Å². The molecule has 10 heavy (non-hydrogen) atoms. The van der Waals surface area contributed by atoms with E-state index >= 15 is 0 Å². The Balaban J connectivity index is 3.06. The second kappa shape index (κ2) is 2.53. The van der Waals surface area contributed by atoms with Crippen LogP contribution in [0.5, 0.6) is 18.0 Å². The SMILES string of the molecule is Oc1nc(O)nc(OCl)n1. The van der Waals surface area contributed by atoms with Crippen molar-refractivity contribution < 1.29 is 14.5 Å². The average molecular weight is 164 g/mol. The van der Waals surface area contributed by atoms with Crippen LogP contribution in [-0.2, 0) is 0 Å². The van der Waals surface area contributed by atoms with Gasteiger partial charge in [0.15, 0.2) is 0 Å². The molecule has 0 spiro atoms. The number of nitrogens with zero attached hydrogens (tertiary/aromatic N) is 3. The van der Waals surface area contributed by atoms with Crippen LogP contribution >= 0.6 is 11.9 Å². The summed E-state index contributed by atoms with van der Waals surface area (Å²) >= 11 is 4.80. The third kappa shape index (κ3) is 1.35. The van der Waals surface area contributed by atoms with Crippen molar-refractivity contribution in [2.45, 2.75) is 0 Å². The van der Waals surface area contributed by atoms with Gasteiger partial charge < -0.3 is 14.5 Å². The first-order valence-corrected chi connectivity index (χ1v) is 2.46. The van der Waals surface area contributed by atoms with Gasteiger partial charge in [-0.05, 0) is 0 Å². The second-order valence-corrected chi connectivity index (χ2v) is 1.45. The Morgan fingerprint density at radius 2 is 1.60 bits per heavy atom. The van der Waals surface area contributed by atoms with E-state index in [4.69, 9.17) is 22.1 Å². The molecule has 1 aromatic heterocycles. The van der Waals surface area contributed by atoms with E-state index in [1.54, 1.807) is 0 Å². The zero-order chi connectivity index (χ0) is 7.56. The van der Waals surface area contributed by atoms with Gasteiger partial charge in [-0.25, -0.2) is 0 Å². The fraction of sp³-hybridized carbons (Fsp3) is 0. The van der Waals surface area contributed by atoms with E-state index in [0.717, 1.165) is 0 Å². The van der Waals surface area contributed by atoms with Gasteiger partial charge in [0, 0.05) is 0 Å². The first-order valence-electron chi connectivity index (χ1n) is 2.15. The lowest BCUT2D eigenvalue weighted by molar-refractivity contribution is 0.367. The first-order chi connectivity index (χ1) is 4.72. The maximum absolute atomic E-state index is 8.56. The van der Waals surface area contributed by atoms with Crippen molar-refractivity contribution in [3.05, 3.63) is 0 Å². The molecule has 0 saturated carbocycles. The molecule has 0 saturated heterocycles. The minimum Gasteiger partial charge on any atom is -0.479 e. The van der Waals surface area contributed by atoms with Gasteiger partial charge >= 0.3 is 18.0 Å². The molecule has 0 amide bonds. The van der Waals surface area contributed by atoms with Crippen LogP contribution in [0.2, 0.25) is 0 Å². The fourth-order valence-corrected chi connectivity index (χ4v) is 0.439. The van der Waals surface area contributed by atoms with Crippen LogP contribution in [0.25, 0.3) is 0 Å². The molecule has 0 aliphatic carbocycles. The molecule has 1 aromatic rings. The monoisotopic (exact) mass is 163 g/mol. The summed E-state index contributed by atoms with van der Waals surface area (Å²) in [5, 5.41) is 17.1. The number of hydrogen-bond acceptors (Lipinski definition) is 6. The first kappa shape index (κ1) is 6.81. The van der Waals surface area contributed by atoms with Gasteiger partial charge in [0.2, 0.25) is 0 Å². The highest BCUT2D eigenvalue weighted by molar-refractivity contribution is 6.08. The van der Waals surface area contributed by atoms with Crippen LogP contribution in [0.1, 0.15) is 0 Å². The summed E-state index contributed by atoms with van der Waals surface area (Å²) in [6.07, 6.45) is 0. The predicted octanol–water partition coefficient (Wildman–Crippen LogP) is -0.185. The van der Waals surface area contributed by atoms with Gasteiger partial charge in [0.1, 0.15) is 11.9 Å². The quantitative estimate of drug-likeness (QED) is 0.597. The molecule has 0 atom stereocenters. The van der Waals surface area contributed by atoms with Gasteiger partial charge in [-0.2, -0.15) is 0 Å². The molecule has 2 N–H and O–H groups in total. The smallest absolute Gasteiger partial charge is 0.344 e. The summed E-state index contributed by atoms with van der Waals surface area (Å²) in [5.74, 6) is 0. The molecule has 0 aliphatic rings. The summed E-state index contributed by atoms with van der Waals surface area (Å²) in [5.41, 5.74) is 0. The molecular weight excluding hydrogens is 162 g/mol. The van der Waals surface area contributed by atoms with E-state index in [0.29, 0.717) is 0 Å². The Labute approximate surface area is 60.3 Å². The zero-order valence-corrected chi connectivity index (χ0v) is 5.28. The standard InChI is InChI=1S/C3H2ClN3O3/c4-10-3-6-1(8)5-2(9)7-3/h(H2,5,6,7,8,9). The molecule has 0 fully saturated rings. The van der Waals surface area contributed by atoms with Crippen LogP contribution in [-0.4, -0.2) is 25.2 Å². The third-order valence-corrected chi connectivity index (χ3v) is 0.798. The number of aromatic nitrogens is 3. The molecule has 1 heterocycles. The van der Waals surface area contributed by atoms with Crippen molar-refractivity contribution in [3.8, 4) is 18.0 Å². The fourth-order valence-electron chi connectivity index (χ4n) is 0.370. The van der Waals surface area contributed by atoms with Crippen LogP contribution in [0.3, 0.4) is 0 Å².